The second kappa shape index (κ2) is 8.36. The van der Waals surface area contributed by atoms with E-state index in [1.807, 2.05) is 54.6 Å². The van der Waals surface area contributed by atoms with Gasteiger partial charge in [0.1, 0.15) is 0 Å². The standard InChI is InChI=1S/C24H17N3O3/c28-23(27-25-15-17-10-4-5-11-18(17)24(29)30)20-14-22(16-8-2-1-3-9-16)26-21-13-7-6-12-19(20)21/h1-15H,(H,27,28)(H,29,30)/b25-15-. The van der Waals surface area contributed by atoms with Gasteiger partial charge in [-0.3, -0.25) is 4.79 Å². The fraction of sp³-hybridized carbons (Fsp3) is 0. The average Bonchev–Trinajstić information content (AvgIpc) is 2.79. The maximum absolute atomic E-state index is 12.9. The number of hydrogen-bond donors (Lipinski definition) is 2. The van der Waals surface area contributed by atoms with Gasteiger partial charge in [-0.2, -0.15) is 5.10 Å². The number of nitrogens with zero attached hydrogens (tertiary/aromatic N) is 2. The minimum atomic E-state index is -1.06. The Morgan fingerprint density at radius 2 is 1.57 bits per heavy atom. The summed E-state index contributed by atoms with van der Waals surface area (Å²) in [7, 11) is 0. The van der Waals surface area contributed by atoms with Crippen LogP contribution in [-0.4, -0.2) is 28.2 Å². The van der Waals surface area contributed by atoms with Crippen LogP contribution in [0.2, 0.25) is 0 Å². The molecule has 0 aliphatic rings. The van der Waals surface area contributed by atoms with E-state index in [1.54, 1.807) is 24.3 Å². The van der Waals surface area contributed by atoms with Crippen LogP contribution in [0.25, 0.3) is 22.2 Å². The first-order chi connectivity index (χ1) is 14.6. The van der Waals surface area contributed by atoms with Crippen LogP contribution < -0.4 is 5.43 Å². The van der Waals surface area contributed by atoms with E-state index >= 15 is 0 Å². The van der Waals surface area contributed by atoms with Crippen molar-refractivity contribution < 1.29 is 14.7 Å². The molecule has 1 heterocycles. The molecule has 0 bridgehead atoms. The highest BCUT2D eigenvalue weighted by atomic mass is 16.4. The van der Waals surface area contributed by atoms with Gasteiger partial charge in [-0.25, -0.2) is 15.2 Å². The third kappa shape index (κ3) is 3.93. The average molecular weight is 395 g/mol. The second-order valence-corrected chi connectivity index (χ2v) is 6.53. The van der Waals surface area contributed by atoms with Crippen molar-refractivity contribution in [2.75, 3.05) is 0 Å². The number of hydrazone groups is 1. The molecule has 6 heteroatoms. The van der Waals surface area contributed by atoms with Crippen LogP contribution in [0, 0.1) is 0 Å². The van der Waals surface area contributed by atoms with Gasteiger partial charge in [-0.15, -0.1) is 0 Å². The van der Waals surface area contributed by atoms with E-state index in [9.17, 15) is 14.7 Å². The molecule has 0 unspecified atom stereocenters. The molecule has 4 rings (SSSR count). The number of para-hydroxylation sites is 1. The topological polar surface area (TPSA) is 91.6 Å². The minimum absolute atomic E-state index is 0.108. The molecule has 0 fully saturated rings. The van der Waals surface area contributed by atoms with Gasteiger partial charge in [0.25, 0.3) is 5.91 Å². The Kier molecular flexibility index (Phi) is 5.30. The number of carboxylic acid groups (broad SMARTS) is 1. The number of carbonyl (C=O) groups excluding carboxylic acids is 1. The van der Waals surface area contributed by atoms with Crippen LogP contribution in [0.5, 0.6) is 0 Å². The molecular formula is C24H17N3O3. The summed E-state index contributed by atoms with van der Waals surface area (Å²) in [5.74, 6) is -1.47. The van der Waals surface area contributed by atoms with Crippen molar-refractivity contribution in [3.8, 4) is 11.3 Å². The zero-order valence-corrected chi connectivity index (χ0v) is 15.8. The molecule has 0 radical (unpaired) electrons. The number of aromatic nitrogens is 1. The lowest BCUT2D eigenvalue weighted by Gasteiger charge is -2.09. The molecule has 6 nitrogen and oxygen atoms in total. The van der Waals surface area contributed by atoms with Gasteiger partial charge < -0.3 is 5.11 Å². The second-order valence-electron chi connectivity index (χ2n) is 6.53. The number of fused-ring (bicyclic) bond motifs is 1. The molecule has 0 aliphatic heterocycles. The zero-order chi connectivity index (χ0) is 20.9. The van der Waals surface area contributed by atoms with Crippen LogP contribution in [0.15, 0.2) is 90.0 Å². The predicted octanol–water partition coefficient (Wildman–Crippen LogP) is 4.36. The van der Waals surface area contributed by atoms with Crippen molar-refractivity contribution >= 4 is 29.0 Å². The van der Waals surface area contributed by atoms with Crippen LogP contribution >= 0.6 is 0 Å². The maximum Gasteiger partial charge on any atom is 0.336 e. The first-order valence-corrected chi connectivity index (χ1v) is 9.24. The van der Waals surface area contributed by atoms with Gasteiger partial charge in [0.05, 0.1) is 28.6 Å². The van der Waals surface area contributed by atoms with E-state index in [2.05, 4.69) is 15.5 Å². The highest BCUT2D eigenvalue weighted by Gasteiger charge is 2.14. The Balaban J connectivity index is 1.67. The molecule has 0 saturated heterocycles. The number of pyridine rings is 1. The molecule has 3 aromatic carbocycles. The van der Waals surface area contributed by atoms with Crippen LogP contribution in [0.3, 0.4) is 0 Å². The summed E-state index contributed by atoms with van der Waals surface area (Å²) >= 11 is 0. The molecule has 0 atom stereocenters. The monoisotopic (exact) mass is 395 g/mol. The summed E-state index contributed by atoms with van der Waals surface area (Å²) in [6, 6.07) is 25.2. The van der Waals surface area contributed by atoms with Crippen molar-refractivity contribution in [2.45, 2.75) is 0 Å². The SMILES string of the molecule is O=C(O)c1ccccc1/C=N\NC(=O)c1cc(-c2ccccc2)nc2ccccc12. The van der Waals surface area contributed by atoms with Gasteiger partial charge >= 0.3 is 5.97 Å². The summed E-state index contributed by atoms with van der Waals surface area (Å²) in [6.45, 7) is 0. The number of nitrogens with one attached hydrogen (secondary N) is 1. The molecule has 1 aromatic heterocycles. The summed E-state index contributed by atoms with van der Waals surface area (Å²) in [5, 5.41) is 13.9. The first-order valence-electron chi connectivity index (χ1n) is 9.24. The smallest absolute Gasteiger partial charge is 0.336 e. The van der Waals surface area contributed by atoms with Crippen molar-refractivity contribution in [2.24, 2.45) is 5.10 Å². The summed E-state index contributed by atoms with van der Waals surface area (Å²) in [4.78, 5) is 28.8. The fourth-order valence-corrected chi connectivity index (χ4v) is 3.15. The van der Waals surface area contributed by atoms with Gasteiger partial charge in [0.2, 0.25) is 0 Å². The van der Waals surface area contributed by atoms with Gasteiger partial charge in [-0.05, 0) is 18.2 Å². The summed E-state index contributed by atoms with van der Waals surface area (Å²) in [6.07, 6.45) is 1.32. The van der Waals surface area contributed by atoms with Gasteiger partial charge in [-0.1, -0.05) is 66.7 Å². The molecule has 0 aliphatic carbocycles. The third-order valence-electron chi connectivity index (χ3n) is 4.59. The van der Waals surface area contributed by atoms with Crippen molar-refractivity contribution in [3.05, 3.63) is 102 Å². The number of rotatable bonds is 5. The van der Waals surface area contributed by atoms with Crippen molar-refractivity contribution in [3.63, 3.8) is 0 Å². The van der Waals surface area contributed by atoms with Gasteiger partial charge in [0, 0.05) is 16.5 Å². The highest BCUT2D eigenvalue weighted by molar-refractivity contribution is 6.07. The Labute approximate surface area is 172 Å². The predicted molar refractivity (Wildman–Crippen MR) is 116 cm³/mol. The molecule has 0 saturated carbocycles. The fourth-order valence-electron chi connectivity index (χ4n) is 3.15. The van der Waals surface area contributed by atoms with Crippen molar-refractivity contribution in [1.82, 2.24) is 10.4 Å². The first kappa shape index (κ1) is 19.0. The Morgan fingerprint density at radius 1 is 0.867 bits per heavy atom. The summed E-state index contributed by atoms with van der Waals surface area (Å²) < 4.78 is 0. The number of benzene rings is 3. The molecule has 4 aromatic rings. The van der Waals surface area contributed by atoms with Crippen LogP contribution in [-0.2, 0) is 0 Å². The number of carbonyl (C=O) groups is 2. The van der Waals surface area contributed by atoms with E-state index in [0.717, 1.165) is 5.56 Å². The van der Waals surface area contributed by atoms with Crippen molar-refractivity contribution in [1.29, 1.82) is 0 Å². The van der Waals surface area contributed by atoms with E-state index in [-0.39, 0.29) is 5.56 Å². The molecule has 30 heavy (non-hydrogen) atoms. The molecule has 0 spiro atoms. The highest BCUT2D eigenvalue weighted by Crippen LogP contribution is 2.24. The van der Waals surface area contributed by atoms with Crippen LogP contribution in [0.4, 0.5) is 0 Å². The Morgan fingerprint density at radius 3 is 2.37 bits per heavy atom. The van der Waals surface area contributed by atoms with Gasteiger partial charge in [0.15, 0.2) is 0 Å². The molecule has 2 N–H and O–H groups in total. The summed E-state index contributed by atoms with van der Waals surface area (Å²) in [5.41, 5.74) is 5.71. The lowest BCUT2D eigenvalue weighted by atomic mass is 10.0. The van der Waals surface area contributed by atoms with E-state index in [0.29, 0.717) is 27.7 Å². The normalized spacial score (nSPS) is 10.9. The minimum Gasteiger partial charge on any atom is -0.478 e. The van der Waals surface area contributed by atoms with E-state index < -0.39 is 11.9 Å². The van der Waals surface area contributed by atoms with Crippen LogP contribution in [0.1, 0.15) is 26.3 Å². The number of amides is 1. The Bertz CT molecular complexity index is 1270. The lowest BCUT2D eigenvalue weighted by Crippen LogP contribution is -2.18. The quantitative estimate of drug-likeness (QED) is 0.388. The third-order valence-corrected chi connectivity index (χ3v) is 4.59. The Hall–Kier alpha value is -4.32. The number of carboxylic acids is 1. The molecule has 146 valence electrons. The number of hydrogen-bond acceptors (Lipinski definition) is 4. The number of aromatic carboxylic acids is 1. The molecule has 1 amide bonds. The maximum atomic E-state index is 12.9. The zero-order valence-electron chi connectivity index (χ0n) is 15.8. The van der Waals surface area contributed by atoms with E-state index in [4.69, 9.17) is 0 Å². The largest absolute Gasteiger partial charge is 0.478 e. The van der Waals surface area contributed by atoms with E-state index in [1.165, 1.54) is 12.3 Å². The molecular weight excluding hydrogens is 378 g/mol. The lowest BCUT2D eigenvalue weighted by molar-refractivity contribution is 0.0696.